The van der Waals surface area contributed by atoms with Gasteiger partial charge in [0.1, 0.15) is 0 Å². The van der Waals surface area contributed by atoms with E-state index in [1.165, 1.54) is 0 Å². The molecule has 0 aromatic rings. The average molecular weight is 228 g/mol. The van der Waals surface area contributed by atoms with Crippen molar-refractivity contribution in [2.75, 3.05) is 26.2 Å². The zero-order valence-electron chi connectivity index (χ0n) is 10.4. The number of amides is 1. The molecule has 16 heavy (non-hydrogen) atoms. The lowest BCUT2D eigenvalue weighted by atomic mass is 10.1. The van der Waals surface area contributed by atoms with Gasteiger partial charge in [0, 0.05) is 12.6 Å². The van der Waals surface area contributed by atoms with Gasteiger partial charge in [0.15, 0.2) is 0 Å². The Morgan fingerprint density at radius 2 is 2.31 bits per heavy atom. The molecule has 1 atom stereocenters. The Bertz CT molecular complexity index is 219. The number of nitrogens with zero attached hydrogens (tertiary/aromatic N) is 1. The summed E-state index contributed by atoms with van der Waals surface area (Å²) < 4.78 is 0. The molecule has 1 aliphatic heterocycles. The van der Waals surface area contributed by atoms with Crippen molar-refractivity contribution in [1.82, 2.24) is 10.2 Å². The zero-order chi connectivity index (χ0) is 12.0. The van der Waals surface area contributed by atoms with Crippen molar-refractivity contribution in [2.45, 2.75) is 39.2 Å². The van der Waals surface area contributed by atoms with E-state index in [1.54, 1.807) is 0 Å². The molecule has 1 aliphatic rings. The predicted molar refractivity (Wildman–Crippen MR) is 64.1 cm³/mol. The lowest BCUT2D eigenvalue weighted by Crippen LogP contribution is -2.41. The monoisotopic (exact) mass is 228 g/mol. The van der Waals surface area contributed by atoms with Gasteiger partial charge in [-0.2, -0.15) is 0 Å². The summed E-state index contributed by atoms with van der Waals surface area (Å²) in [6, 6.07) is 0.191. The second-order valence-corrected chi connectivity index (χ2v) is 4.98. The van der Waals surface area contributed by atoms with Crippen molar-refractivity contribution in [1.29, 1.82) is 0 Å². The minimum Gasteiger partial charge on any atom is -0.395 e. The quantitative estimate of drug-likeness (QED) is 0.700. The Labute approximate surface area is 98.0 Å². The Balaban J connectivity index is 2.18. The summed E-state index contributed by atoms with van der Waals surface area (Å²) in [4.78, 5) is 13.7. The van der Waals surface area contributed by atoms with Crippen LogP contribution in [0.5, 0.6) is 0 Å². The van der Waals surface area contributed by atoms with Crippen LogP contribution < -0.4 is 5.32 Å². The third-order valence-corrected chi connectivity index (χ3v) is 3.10. The van der Waals surface area contributed by atoms with Gasteiger partial charge in [-0.1, -0.05) is 13.8 Å². The van der Waals surface area contributed by atoms with Crippen LogP contribution >= 0.6 is 0 Å². The molecule has 1 amide bonds. The van der Waals surface area contributed by atoms with Gasteiger partial charge >= 0.3 is 0 Å². The van der Waals surface area contributed by atoms with Gasteiger partial charge in [-0.25, -0.2) is 0 Å². The van der Waals surface area contributed by atoms with E-state index in [2.05, 4.69) is 24.1 Å². The summed E-state index contributed by atoms with van der Waals surface area (Å²) >= 11 is 0. The van der Waals surface area contributed by atoms with E-state index >= 15 is 0 Å². The van der Waals surface area contributed by atoms with Gasteiger partial charge in [-0.3, -0.25) is 9.69 Å². The highest BCUT2D eigenvalue weighted by atomic mass is 16.3. The molecule has 0 aromatic carbocycles. The van der Waals surface area contributed by atoms with Crippen molar-refractivity contribution in [3.8, 4) is 0 Å². The number of nitrogens with one attached hydrogen (secondary N) is 1. The first-order valence-electron chi connectivity index (χ1n) is 6.25. The Hall–Kier alpha value is -0.610. The summed E-state index contributed by atoms with van der Waals surface area (Å²) in [7, 11) is 0. The normalized spacial score (nSPS) is 21.6. The van der Waals surface area contributed by atoms with E-state index in [1.807, 2.05) is 0 Å². The van der Waals surface area contributed by atoms with Crippen LogP contribution in [0.1, 0.15) is 33.1 Å². The maximum Gasteiger partial charge on any atom is 0.234 e. The topological polar surface area (TPSA) is 52.6 Å². The number of carbonyl (C=O) groups is 1. The SMILES string of the molecule is CC(C)CCNC(=O)CN1CCCC1CO. The van der Waals surface area contributed by atoms with Gasteiger partial charge in [0.05, 0.1) is 13.2 Å². The van der Waals surface area contributed by atoms with E-state index in [0.29, 0.717) is 12.5 Å². The third kappa shape index (κ3) is 4.49. The second-order valence-electron chi connectivity index (χ2n) is 4.98. The van der Waals surface area contributed by atoms with Gasteiger partial charge < -0.3 is 10.4 Å². The van der Waals surface area contributed by atoms with Crippen LogP contribution in [0.25, 0.3) is 0 Å². The zero-order valence-corrected chi connectivity index (χ0v) is 10.4. The van der Waals surface area contributed by atoms with Gasteiger partial charge in [-0.15, -0.1) is 0 Å². The van der Waals surface area contributed by atoms with Gasteiger partial charge in [-0.05, 0) is 31.7 Å². The van der Waals surface area contributed by atoms with Crippen molar-refractivity contribution in [3.05, 3.63) is 0 Å². The van der Waals surface area contributed by atoms with Crippen LogP contribution in [0.15, 0.2) is 0 Å². The van der Waals surface area contributed by atoms with E-state index in [4.69, 9.17) is 5.11 Å². The second kappa shape index (κ2) is 6.86. The highest BCUT2D eigenvalue weighted by molar-refractivity contribution is 5.78. The van der Waals surface area contributed by atoms with Gasteiger partial charge in [0.2, 0.25) is 5.91 Å². The van der Waals surface area contributed by atoms with Crippen LogP contribution in [0.3, 0.4) is 0 Å². The smallest absolute Gasteiger partial charge is 0.234 e. The molecular formula is C12H24N2O2. The standard InChI is InChI=1S/C12H24N2O2/c1-10(2)5-6-13-12(16)8-14-7-3-4-11(14)9-15/h10-11,15H,3-9H2,1-2H3,(H,13,16). The molecule has 4 nitrogen and oxygen atoms in total. The number of aliphatic hydroxyl groups is 1. The minimum absolute atomic E-state index is 0.0843. The average Bonchev–Trinajstić information content (AvgIpc) is 2.64. The largest absolute Gasteiger partial charge is 0.395 e. The molecule has 1 rings (SSSR count). The number of carbonyl (C=O) groups excluding carboxylic acids is 1. The maximum absolute atomic E-state index is 11.6. The summed E-state index contributed by atoms with van der Waals surface area (Å²) in [5.41, 5.74) is 0. The first-order chi connectivity index (χ1) is 7.63. The van der Waals surface area contributed by atoms with Crippen molar-refractivity contribution in [3.63, 3.8) is 0 Å². The van der Waals surface area contributed by atoms with Crippen LogP contribution in [0, 0.1) is 5.92 Å². The molecule has 0 bridgehead atoms. The maximum atomic E-state index is 11.6. The van der Waals surface area contributed by atoms with Crippen LogP contribution in [-0.2, 0) is 4.79 Å². The Kier molecular flexibility index (Phi) is 5.77. The summed E-state index contributed by atoms with van der Waals surface area (Å²) in [5, 5.41) is 12.0. The first-order valence-corrected chi connectivity index (χ1v) is 6.25. The third-order valence-electron chi connectivity index (χ3n) is 3.10. The number of rotatable bonds is 6. The summed E-state index contributed by atoms with van der Waals surface area (Å²) in [6.07, 6.45) is 3.12. The fraction of sp³-hybridized carbons (Fsp3) is 0.917. The Morgan fingerprint density at radius 1 is 1.56 bits per heavy atom. The fourth-order valence-corrected chi connectivity index (χ4v) is 2.05. The van der Waals surface area contributed by atoms with E-state index in [0.717, 1.165) is 32.4 Å². The number of aliphatic hydroxyl groups excluding tert-OH is 1. The highest BCUT2D eigenvalue weighted by Gasteiger charge is 2.25. The predicted octanol–water partition coefficient (Wildman–Crippen LogP) is 0.605. The van der Waals surface area contributed by atoms with Gasteiger partial charge in [0.25, 0.3) is 0 Å². The number of hydrogen-bond donors (Lipinski definition) is 2. The molecule has 1 saturated heterocycles. The Morgan fingerprint density at radius 3 is 2.94 bits per heavy atom. The molecule has 0 saturated carbocycles. The molecule has 0 spiro atoms. The number of hydrogen-bond acceptors (Lipinski definition) is 3. The summed E-state index contributed by atoms with van der Waals surface area (Å²) in [6.45, 7) is 6.59. The molecule has 4 heteroatoms. The highest BCUT2D eigenvalue weighted by Crippen LogP contribution is 2.15. The van der Waals surface area contributed by atoms with E-state index in [-0.39, 0.29) is 18.6 Å². The molecule has 1 fully saturated rings. The summed E-state index contributed by atoms with van der Waals surface area (Å²) in [5.74, 6) is 0.707. The lowest BCUT2D eigenvalue weighted by molar-refractivity contribution is -0.122. The molecule has 0 aromatic heterocycles. The van der Waals surface area contributed by atoms with Crippen molar-refractivity contribution >= 4 is 5.91 Å². The van der Waals surface area contributed by atoms with Crippen LogP contribution in [0.2, 0.25) is 0 Å². The first kappa shape index (κ1) is 13.5. The van der Waals surface area contributed by atoms with E-state index < -0.39 is 0 Å². The molecule has 0 aliphatic carbocycles. The molecule has 94 valence electrons. The minimum atomic E-state index is 0.0843. The molecule has 2 N–H and O–H groups in total. The lowest BCUT2D eigenvalue weighted by Gasteiger charge is -2.21. The van der Waals surface area contributed by atoms with Crippen LogP contribution in [0.4, 0.5) is 0 Å². The molecular weight excluding hydrogens is 204 g/mol. The molecule has 0 radical (unpaired) electrons. The number of likely N-dealkylation sites (tertiary alicyclic amines) is 1. The fourth-order valence-electron chi connectivity index (χ4n) is 2.05. The molecule has 1 unspecified atom stereocenters. The van der Waals surface area contributed by atoms with Crippen molar-refractivity contribution in [2.24, 2.45) is 5.92 Å². The van der Waals surface area contributed by atoms with E-state index in [9.17, 15) is 4.79 Å². The van der Waals surface area contributed by atoms with Crippen LogP contribution in [-0.4, -0.2) is 48.2 Å². The molecule has 1 heterocycles. The van der Waals surface area contributed by atoms with Crippen molar-refractivity contribution < 1.29 is 9.90 Å².